The molecule has 31 heavy (non-hydrogen) atoms. The van der Waals surface area contributed by atoms with Gasteiger partial charge in [0.15, 0.2) is 11.8 Å². The summed E-state index contributed by atoms with van der Waals surface area (Å²) in [6.45, 7) is 8.52. The molecule has 2 aromatic carbocycles. The van der Waals surface area contributed by atoms with Crippen LogP contribution in [0.2, 0.25) is 0 Å². The minimum atomic E-state index is 0.549. The summed E-state index contributed by atoms with van der Waals surface area (Å²) >= 11 is 0. The molecule has 0 unspecified atom stereocenters. The van der Waals surface area contributed by atoms with Crippen LogP contribution in [0.1, 0.15) is 28.3 Å². The van der Waals surface area contributed by atoms with E-state index in [4.69, 9.17) is 9.73 Å². The first kappa shape index (κ1) is 22.3. The van der Waals surface area contributed by atoms with Crippen LogP contribution in [0, 0.1) is 20.8 Å². The van der Waals surface area contributed by atoms with E-state index in [0.717, 1.165) is 28.9 Å². The van der Waals surface area contributed by atoms with Gasteiger partial charge in [-0.05, 0) is 49.6 Å². The molecule has 0 aliphatic rings. The summed E-state index contributed by atoms with van der Waals surface area (Å²) in [4.78, 5) is 6.90. The summed E-state index contributed by atoms with van der Waals surface area (Å²) < 4.78 is 7.96. The smallest absolute Gasteiger partial charge is 0.194 e. The molecule has 0 atom stereocenters. The molecular formula is C24H32N6O. The lowest BCUT2D eigenvalue weighted by molar-refractivity contribution is 0.280. The van der Waals surface area contributed by atoms with E-state index in [-0.39, 0.29) is 0 Å². The number of nitrogens with zero attached hydrogens (tertiary/aromatic N) is 5. The maximum absolute atomic E-state index is 5.99. The molecule has 0 bridgehead atoms. The number of hydrogen-bond acceptors (Lipinski definition) is 4. The van der Waals surface area contributed by atoms with Crippen molar-refractivity contribution in [2.24, 2.45) is 12.0 Å². The second-order valence-corrected chi connectivity index (χ2v) is 7.79. The second kappa shape index (κ2) is 10.6. The monoisotopic (exact) mass is 420 g/mol. The average molecular weight is 421 g/mol. The van der Waals surface area contributed by atoms with Crippen LogP contribution >= 0.6 is 0 Å². The third-order valence-electron chi connectivity index (χ3n) is 5.09. The molecule has 0 radical (unpaired) electrons. The van der Waals surface area contributed by atoms with E-state index in [9.17, 15) is 0 Å². The van der Waals surface area contributed by atoms with Gasteiger partial charge in [0.2, 0.25) is 0 Å². The lowest BCUT2D eigenvalue weighted by Gasteiger charge is -2.22. The van der Waals surface area contributed by atoms with Gasteiger partial charge in [0.05, 0.1) is 19.6 Å². The minimum Gasteiger partial charge on any atom is -0.492 e. The number of aromatic nitrogens is 3. The maximum atomic E-state index is 5.99. The summed E-state index contributed by atoms with van der Waals surface area (Å²) in [6, 6.07) is 16.5. The Morgan fingerprint density at radius 2 is 1.77 bits per heavy atom. The molecule has 3 rings (SSSR count). The largest absolute Gasteiger partial charge is 0.492 e. The van der Waals surface area contributed by atoms with E-state index in [1.807, 2.05) is 43.8 Å². The molecule has 0 saturated carbocycles. The first-order chi connectivity index (χ1) is 14.9. The maximum Gasteiger partial charge on any atom is 0.194 e. The van der Waals surface area contributed by atoms with Crippen LogP contribution in [-0.2, 0) is 20.1 Å². The van der Waals surface area contributed by atoms with Gasteiger partial charge in [-0.15, -0.1) is 10.2 Å². The van der Waals surface area contributed by atoms with Crippen LogP contribution in [0.3, 0.4) is 0 Å². The van der Waals surface area contributed by atoms with Crippen LogP contribution in [0.5, 0.6) is 5.75 Å². The van der Waals surface area contributed by atoms with Crippen molar-refractivity contribution in [3.05, 3.63) is 76.9 Å². The lowest BCUT2D eigenvalue weighted by Crippen LogP contribution is -2.41. The van der Waals surface area contributed by atoms with Gasteiger partial charge in [0.1, 0.15) is 18.2 Å². The van der Waals surface area contributed by atoms with Crippen molar-refractivity contribution >= 4 is 5.96 Å². The van der Waals surface area contributed by atoms with Crippen molar-refractivity contribution in [2.75, 3.05) is 20.2 Å². The average Bonchev–Trinajstić information content (AvgIpc) is 3.06. The Morgan fingerprint density at radius 3 is 2.42 bits per heavy atom. The van der Waals surface area contributed by atoms with Crippen LogP contribution in [0.15, 0.2) is 53.5 Å². The van der Waals surface area contributed by atoms with E-state index in [2.05, 4.69) is 64.6 Å². The number of hydrogen-bond donors (Lipinski definition) is 1. The van der Waals surface area contributed by atoms with Gasteiger partial charge < -0.3 is 19.5 Å². The first-order valence-corrected chi connectivity index (χ1v) is 10.5. The number of nitrogens with one attached hydrogen (secondary N) is 1. The standard InChI is InChI=1S/C24H32N6O/c1-18-13-19(2)15-22(14-18)31-12-11-29(4)24(25-16-21-9-7-6-8-10-21)26-17-23-28-27-20(3)30(23)5/h6-10,13-15H,11-12,16-17H2,1-5H3,(H,25,26). The van der Waals surface area contributed by atoms with Gasteiger partial charge in [-0.2, -0.15) is 0 Å². The summed E-state index contributed by atoms with van der Waals surface area (Å²) in [5.74, 6) is 3.45. The molecule has 1 heterocycles. The molecule has 164 valence electrons. The molecule has 7 nitrogen and oxygen atoms in total. The molecule has 0 amide bonds. The highest BCUT2D eigenvalue weighted by atomic mass is 16.5. The summed E-state index contributed by atoms with van der Waals surface area (Å²) in [7, 11) is 3.98. The number of guanidine groups is 1. The molecule has 1 N–H and O–H groups in total. The highest BCUT2D eigenvalue weighted by molar-refractivity contribution is 5.79. The number of rotatable bonds is 8. The highest BCUT2D eigenvalue weighted by Crippen LogP contribution is 2.16. The fourth-order valence-corrected chi connectivity index (χ4v) is 3.25. The Labute approximate surface area is 184 Å². The number of aryl methyl sites for hydroxylation is 3. The van der Waals surface area contributed by atoms with Crippen molar-refractivity contribution in [1.29, 1.82) is 0 Å². The van der Waals surface area contributed by atoms with E-state index in [1.165, 1.54) is 11.1 Å². The van der Waals surface area contributed by atoms with Crippen LogP contribution in [-0.4, -0.2) is 45.8 Å². The molecule has 3 aromatic rings. The van der Waals surface area contributed by atoms with Gasteiger partial charge in [-0.1, -0.05) is 36.4 Å². The molecule has 7 heteroatoms. The molecular weight excluding hydrogens is 388 g/mol. The van der Waals surface area contributed by atoms with E-state index in [1.54, 1.807) is 0 Å². The highest BCUT2D eigenvalue weighted by Gasteiger charge is 2.10. The molecule has 0 saturated heterocycles. The Hall–Kier alpha value is -3.35. The molecule has 0 aliphatic heterocycles. The number of ether oxygens (including phenoxy) is 1. The fourth-order valence-electron chi connectivity index (χ4n) is 3.25. The van der Waals surface area contributed by atoms with Gasteiger partial charge >= 0.3 is 0 Å². The van der Waals surface area contributed by atoms with Crippen molar-refractivity contribution in [3.63, 3.8) is 0 Å². The zero-order valence-electron chi connectivity index (χ0n) is 19.1. The SMILES string of the molecule is Cc1cc(C)cc(OCCN(C)C(=NCc2ccccc2)NCc2nnc(C)n2C)c1. The van der Waals surface area contributed by atoms with Crippen LogP contribution in [0.25, 0.3) is 0 Å². The zero-order chi connectivity index (χ0) is 22.2. The number of benzene rings is 2. The fraction of sp³-hybridized carbons (Fsp3) is 0.375. The van der Waals surface area contributed by atoms with Crippen molar-refractivity contribution in [3.8, 4) is 5.75 Å². The van der Waals surface area contributed by atoms with Crippen molar-refractivity contribution < 1.29 is 4.74 Å². The van der Waals surface area contributed by atoms with Gasteiger partial charge in [-0.3, -0.25) is 0 Å². The Bertz CT molecular complexity index is 992. The molecule has 0 fully saturated rings. The topological polar surface area (TPSA) is 67.6 Å². The molecule has 0 spiro atoms. The first-order valence-electron chi connectivity index (χ1n) is 10.5. The van der Waals surface area contributed by atoms with Gasteiger partial charge in [-0.25, -0.2) is 4.99 Å². The van der Waals surface area contributed by atoms with Crippen molar-refractivity contribution in [1.82, 2.24) is 25.0 Å². The van der Waals surface area contributed by atoms with E-state index in [0.29, 0.717) is 26.2 Å². The quantitative estimate of drug-likeness (QED) is 0.447. The Morgan fingerprint density at radius 1 is 1.06 bits per heavy atom. The van der Waals surface area contributed by atoms with E-state index >= 15 is 0 Å². The third-order valence-corrected chi connectivity index (χ3v) is 5.09. The Kier molecular flexibility index (Phi) is 7.65. The predicted octanol–water partition coefficient (Wildman–Crippen LogP) is 3.40. The number of aliphatic imine (C=N–C) groups is 1. The summed E-state index contributed by atoms with van der Waals surface area (Å²) in [6.07, 6.45) is 0. The minimum absolute atomic E-state index is 0.549. The zero-order valence-corrected chi connectivity index (χ0v) is 19.1. The van der Waals surface area contributed by atoms with Crippen LogP contribution in [0.4, 0.5) is 0 Å². The third kappa shape index (κ3) is 6.57. The normalized spacial score (nSPS) is 11.5. The summed E-state index contributed by atoms with van der Waals surface area (Å²) in [5.41, 5.74) is 3.57. The van der Waals surface area contributed by atoms with Gasteiger partial charge in [0, 0.05) is 14.1 Å². The molecule has 1 aromatic heterocycles. The van der Waals surface area contributed by atoms with Crippen molar-refractivity contribution in [2.45, 2.75) is 33.9 Å². The predicted molar refractivity (Wildman–Crippen MR) is 124 cm³/mol. The van der Waals surface area contributed by atoms with Crippen LogP contribution < -0.4 is 10.1 Å². The van der Waals surface area contributed by atoms with Gasteiger partial charge in [0.25, 0.3) is 0 Å². The lowest BCUT2D eigenvalue weighted by atomic mass is 10.1. The number of likely N-dealkylation sites (N-methyl/N-ethyl adjacent to an activating group) is 1. The second-order valence-electron chi connectivity index (χ2n) is 7.79. The molecule has 0 aliphatic carbocycles. The Balaban J connectivity index is 1.64. The van der Waals surface area contributed by atoms with E-state index < -0.39 is 0 Å². The summed E-state index contributed by atoms with van der Waals surface area (Å²) in [5, 5.41) is 11.8.